The topological polar surface area (TPSA) is 20.2 Å². The van der Waals surface area contributed by atoms with Crippen LogP contribution in [0.5, 0.6) is 0 Å². The van der Waals surface area contributed by atoms with Crippen LogP contribution in [0.25, 0.3) is 4.48 Å². The van der Waals surface area contributed by atoms with Crippen LogP contribution in [0.15, 0.2) is 30.3 Å². The maximum absolute atomic E-state index is 9.43. The molecule has 1 aromatic carbocycles. The fraction of sp³-hybridized carbons (Fsp3) is 0.273. The predicted molar refractivity (Wildman–Crippen MR) is 70.7 cm³/mol. The summed E-state index contributed by atoms with van der Waals surface area (Å²) in [7, 11) is 0. The Balaban J connectivity index is 2.60. The van der Waals surface area contributed by atoms with Crippen molar-refractivity contribution in [2.24, 2.45) is 0 Å². The largest absolute Gasteiger partial charge is 0.395 e. The average Bonchev–Trinajstić information content (AvgIpc) is 2.24. The molecular weight excluding hydrogens is 355 g/mol. The number of hydrogen-bond donors (Lipinski definition) is 1. The van der Waals surface area contributed by atoms with Gasteiger partial charge >= 0.3 is 0 Å². The third-order valence-corrected chi connectivity index (χ3v) is 4.64. The molecule has 1 nitrogen and oxygen atoms in total. The zero-order valence-electron chi connectivity index (χ0n) is 7.50. The van der Waals surface area contributed by atoms with Gasteiger partial charge in [-0.15, -0.1) is 0 Å². The van der Waals surface area contributed by atoms with Crippen molar-refractivity contribution in [3.8, 4) is 0 Å². The van der Waals surface area contributed by atoms with Crippen molar-refractivity contribution in [1.82, 2.24) is 0 Å². The average molecular weight is 365 g/mol. The third kappa shape index (κ3) is 1.66. The molecule has 0 saturated heterocycles. The van der Waals surface area contributed by atoms with E-state index in [2.05, 4.69) is 56.7 Å². The van der Waals surface area contributed by atoms with E-state index in [0.29, 0.717) is 0 Å². The Labute approximate surface area is 105 Å². The molecule has 3 heteroatoms. The molecule has 0 radical (unpaired) electrons. The van der Waals surface area contributed by atoms with Gasteiger partial charge in [-0.3, -0.25) is 0 Å². The Morgan fingerprint density at radius 1 is 1.43 bits per heavy atom. The molecule has 0 aromatic heterocycles. The van der Waals surface area contributed by atoms with E-state index in [0.717, 1.165) is 10.9 Å². The van der Waals surface area contributed by atoms with Crippen LogP contribution in [-0.4, -0.2) is 11.7 Å². The zero-order chi connectivity index (χ0) is 10.2. The molecule has 0 aliphatic heterocycles. The van der Waals surface area contributed by atoms with E-state index in [9.17, 15) is 5.11 Å². The van der Waals surface area contributed by atoms with Crippen LogP contribution in [-0.2, 0) is 3.42 Å². The van der Waals surface area contributed by atoms with E-state index < -0.39 is 0 Å². The van der Waals surface area contributed by atoms with Crippen molar-refractivity contribution in [3.05, 3.63) is 41.5 Å². The monoisotopic (exact) mass is 364 g/mol. The summed E-state index contributed by atoms with van der Waals surface area (Å²) in [6, 6.07) is 8.21. The minimum atomic E-state index is -0.147. The number of allylic oxidation sites excluding steroid dienone is 1. The van der Waals surface area contributed by atoms with Gasteiger partial charge < -0.3 is 5.11 Å². The zero-order valence-corrected chi connectivity index (χ0v) is 11.2. The second-order valence-corrected chi connectivity index (χ2v) is 6.34. The van der Waals surface area contributed by atoms with Crippen LogP contribution in [0, 0.1) is 0 Å². The van der Waals surface area contributed by atoms with Crippen LogP contribution >= 0.6 is 38.5 Å². The second-order valence-electron chi connectivity index (χ2n) is 3.43. The van der Waals surface area contributed by atoms with Crippen molar-refractivity contribution in [2.45, 2.75) is 9.84 Å². The molecule has 0 bridgehead atoms. The van der Waals surface area contributed by atoms with E-state index in [1.165, 1.54) is 11.1 Å². The van der Waals surface area contributed by atoms with Crippen LogP contribution < -0.4 is 0 Å². The Morgan fingerprint density at radius 2 is 2.14 bits per heavy atom. The van der Waals surface area contributed by atoms with Gasteiger partial charge in [0, 0.05) is 4.48 Å². The van der Waals surface area contributed by atoms with Gasteiger partial charge in [0.25, 0.3) is 0 Å². The second kappa shape index (κ2) is 3.94. The van der Waals surface area contributed by atoms with Gasteiger partial charge in [-0.2, -0.15) is 0 Å². The highest BCUT2D eigenvalue weighted by atomic mass is 127. The predicted octanol–water partition coefficient (Wildman–Crippen LogP) is 3.45. The summed E-state index contributed by atoms with van der Waals surface area (Å²) < 4.78 is 0.986. The highest BCUT2D eigenvalue weighted by Gasteiger charge is 2.32. The summed E-state index contributed by atoms with van der Waals surface area (Å²) in [4.78, 5) is 0. The number of benzene rings is 1. The van der Waals surface area contributed by atoms with Crippen LogP contribution in [0.3, 0.4) is 0 Å². The molecule has 1 aromatic rings. The van der Waals surface area contributed by atoms with Gasteiger partial charge in [0.15, 0.2) is 0 Å². The normalized spacial score (nSPS) is 25.5. The standard InChI is InChI=1S/C11H10BrIO/c12-10-5-6-11(13,7-14)9-4-2-1-3-8(9)10/h1-5,14H,6-7H2. The Hall–Kier alpha value is 0.130. The first-order chi connectivity index (χ1) is 6.67. The van der Waals surface area contributed by atoms with E-state index >= 15 is 0 Å². The van der Waals surface area contributed by atoms with Crippen molar-refractivity contribution in [1.29, 1.82) is 0 Å². The van der Waals surface area contributed by atoms with Gasteiger partial charge in [-0.1, -0.05) is 68.9 Å². The summed E-state index contributed by atoms with van der Waals surface area (Å²) in [5, 5.41) is 9.43. The highest BCUT2D eigenvalue weighted by Crippen LogP contribution is 2.45. The van der Waals surface area contributed by atoms with Crippen molar-refractivity contribution >= 4 is 43.0 Å². The van der Waals surface area contributed by atoms with E-state index in [1.807, 2.05) is 12.1 Å². The summed E-state index contributed by atoms with van der Waals surface area (Å²) in [5.41, 5.74) is 2.42. The SMILES string of the molecule is OCC1(I)CC=C(Br)c2ccccc21. The van der Waals surface area contributed by atoms with Gasteiger partial charge in [0.05, 0.1) is 10.0 Å². The molecule has 0 saturated carbocycles. The van der Waals surface area contributed by atoms with Crippen LogP contribution in [0.2, 0.25) is 0 Å². The molecule has 1 N–H and O–H groups in total. The summed E-state index contributed by atoms with van der Waals surface area (Å²) in [6.45, 7) is 0.182. The van der Waals surface area contributed by atoms with Crippen LogP contribution in [0.1, 0.15) is 17.5 Å². The molecular formula is C11H10BrIO. The molecule has 0 spiro atoms. The number of alkyl halides is 1. The van der Waals surface area contributed by atoms with Gasteiger partial charge in [-0.25, -0.2) is 0 Å². The Kier molecular flexibility index (Phi) is 3.00. The Morgan fingerprint density at radius 3 is 2.86 bits per heavy atom. The maximum atomic E-state index is 9.43. The molecule has 0 fully saturated rings. The summed E-state index contributed by atoms with van der Waals surface area (Å²) in [6.07, 6.45) is 3.01. The molecule has 1 aliphatic rings. The smallest absolute Gasteiger partial charge is 0.0741 e. The van der Waals surface area contributed by atoms with Crippen LogP contribution in [0.4, 0.5) is 0 Å². The number of halogens is 2. The van der Waals surface area contributed by atoms with E-state index in [1.54, 1.807) is 0 Å². The first-order valence-electron chi connectivity index (χ1n) is 4.43. The quantitative estimate of drug-likeness (QED) is 0.597. The Bertz CT molecular complexity index is 389. The van der Waals surface area contributed by atoms with Gasteiger partial charge in [0.1, 0.15) is 0 Å². The van der Waals surface area contributed by atoms with Crippen molar-refractivity contribution in [3.63, 3.8) is 0 Å². The third-order valence-electron chi connectivity index (χ3n) is 2.52. The fourth-order valence-electron chi connectivity index (χ4n) is 1.70. The molecule has 0 heterocycles. The highest BCUT2D eigenvalue weighted by molar-refractivity contribution is 14.1. The number of rotatable bonds is 1. The van der Waals surface area contributed by atoms with Crippen molar-refractivity contribution < 1.29 is 5.11 Å². The minimum Gasteiger partial charge on any atom is -0.395 e. The lowest BCUT2D eigenvalue weighted by Crippen LogP contribution is -2.25. The summed E-state index contributed by atoms with van der Waals surface area (Å²) in [5.74, 6) is 0. The first kappa shape index (κ1) is 10.6. The summed E-state index contributed by atoms with van der Waals surface area (Å²) >= 11 is 5.88. The lowest BCUT2D eigenvalue weighted by atomic mass is 9.87. The minimum absolute atomic E-state index is 0.147. The molecule has 0 amide bonds. The first-order valence-corrected chi connectivity index (χ1v) is 6.30. The lowest BCUT2D eigenvalue weighted by Gasteiger charge is -2.30. The molecule has 2 rings (SSSR count). The number of aliphatic hydroxyl groups excluding tert-OH is 1. The van der Waals surface area contributed by atoms with Crippen molar-refractivity contribution in [2.75, 3.05) is 6.61 Å². The van der Waals surface area contributed by atoms with Gasteiger partial charge in [-0.05, 0) is 17.5 Å². The fourth-order valence-corrected chi connectivity index (χ4v) is 2.90. The molecule has 1 atom stereocenters. The van der Waals surface area contributed by atoms with Gasteiger partial charge in [0.2, 0.25) is 0 Å². The molecule has 1 aliphatic carbocycles. The lowest BCUT2D eigenvalue weighted by molar-refractivity contribution is 0.257. The number of fused-ring (bicyclic) bond motifs is 1. The number of aliphatic hydroxyl groups is 1. The van der Waals surface area contributed by atoms with E-state index in [-0.39, 0.29) is 10.0 Å². The maximum Gasteiger partial charge on any atom is 0.0741 e. The molecule has 74 valence electrons. The molecule has 1 unspecified atom stereocenters. The molecule has 14 heavy (non-hydrogen) atoms. The number of hydrogen-bond acceptors (Lipinski definition) is 1. The van der Waals surface area contributed by atoms with E-state index in [4.69, 9.17) is 0 Å².